The molecule has 0 saturated carbocycles. The Labute approximate surface area is 156 Å². The fraction of sp³-hybridized carbons (Fsp3) is 0.389. The van der Waals surface area contributed by atoms with Crippen LogP contribution in [0.1, 0.15) is 24.2 Å². The van der Waals surface area contributed by atoms with Crippen LogP contribution in [-0.4, -0.2) is 51.4 Å². The van der Waals surface area contributed by atoms with Crippen molar-refractivity contribution in [3.05, 3.63) is 35.0 Å². The van der Waals surface area contributed by atoms with Crippen LogP contribution in [0.5, 0.6) is 11.5 Å². The lowest BCUT2D eigenvalue weighted by Crippen LogP contribution is -2.50. The zero-order valence-electron chi connectivity index (χ0n) is 15.6. The van der Waals surface area contributed by atoms with Gasteiger partial charge in [-0.25, -0.2) is 14.4 Å². The summed E-state index contributed by atoms with van der Waals surface area (Å²) in [6.07, 6.45) is 0. The number of amides is 2. The molecule has 0 radical (unpaired) electrons. The molecule has 9 heteroatoms. The van der Waals surface area contributed by atoms with Crippen molar-refractivity contribution in [1.82, 2.24) is 10.6 Å². The SMILES string of the molecule is CCOC(=O)C1=C(COC(=O)c2c(OC)cccc2OC)NC(=O)N[C@H]1C. The highest BCUT2D eigenvalue weighted by atomic mass is 16.5. The number of urea groups is 1. The number of esters is 2. The predicted octanol–water partition coefficient (Wildman–Crippen LogP) is 1.38. The Morgan fingerprint density at radius 3 is 2.26 bits per heavy atom. The Kier molecular flexibility index (Phi) is 6.64. The van der Waals surface area contributed by atoms with E-state index in [1.165, 1.54) is 14.2 Å². The van der Waals surface area contributed by atoms with Crippen LogP contribution in [0.25, 0.3) is 0 Å². The van der Waals surface area contributed by atoms with Crippen LogP contribution in [-0.2, 0) is 14.3 Å². The average Bonchev–Trinajstić information content (AvgIpc) is 2.64. The molecule has 1 aromatic carbocycles. The van der Waals surface area contributed by atoms with Crippen molar-refractivity contribution in [2.75, 3.05) is 27.4 Å². The third-order valence-electron chi connectivity index (χ3n) is 3.85. The monoisotopic (exact) mass is 378 g/mol. The topological polar surface area (TPSA) is 112 Å². The molecule has 1 aromatic rings. The first kappa shape index (κ1) is 20.1. The molecule has 0 aliphatic carbocycles. The summed E-state index contributed by atoms with van der Waals surface area (Å²) in [5.41, 5.74) is 0.456. The van der Waals surface area contributed by atoms with Crippen molar-refractivity contribution < 1.29 is 33.3 Å². The summed E-state index contributed by atoms with van der Waals surface area (Å²) in [5, 5.41) is 5.05. The van der Waals surface area contributed by atoms with Crippen molar-refractivity contribution in [3.63, 3.8) is 0 Å². The number of hydrogen-bond donors (Lipinski definition) is 2. The lowest BCUT2D eigenvalue weighted by molar-refractivity contribution is -0.139. The van der Waals surface area contributed by atoms with E-state index in [1.807, 2.05) is 0 Å². The summed E-state index contributed by atoms with van der Waals surface area (Å²) < 4.78 is 20.7. The number of carbonyl (C=O) groups excluding carboxylic acids is 3. The van der Waals surface area contributed by atoms with Crippen molar-refractivity contribution in [2.45, 2.75) is 19.9 Å². The highest BCUT2D eigenvalue weighted by Crippen LogP contribution is 2.29. The van der Waals surface area contributed by atoms with E-state index in [0.717, 1.165) is 0 Å². The quantitative estimate of drug-likeness (QED) is 0.689. The Morgan fingerprint density at radius 2 is 1.70 bits per heavy atom. The van der Waals surface area contributed by atoms with Gasteiger partial charge in [-0.2, -0.15) is 0 Å². The van der Waals surface area contributed by atoms with Gasteiger partial charge in [0, 0.05) is 0 Å². The number of hydrogen-bond acceptors (Lipinski definition) is 7. The fourth-order valence-corrected chi connectivity index (χ4v) is 2.66. The van der Waals surface area contributed by atoms with Gasteiger partial charge in [-0.1, -0.05) is 6.07 Å². The lowest BCUT2D eigenvalue weighted by Gasteiger charge is -2.26. The number of carbonyl (C=O) groups is 3. The molecular weight excluding hydrogens is 356 g/mol. The largest absolute Gasteiger partial charge is 0.496 e. The van der Waals surface area contributed by atoms with Crippen molar-refractivity contribution in [1.29, 1.82) is 0 Å². The molecule has 27 heavy (non-hydrogen) atoms. The maximum Gasteiger partial charge on any atom is 0.346 e. The second-order valence-electron chi connectivity index (χ2n) is 5.55. The van der Waals surface area contributed by atoms with Crippen LogP contribution in [0, 0.1) is 0 Å². The van der Waals surface area contributed by atoms with Gasteiger partial charge in [0.05, 0.1) is 38.1 Å². The lowest BCUT2D eigenvalue weighted by atomic mass is 10.0. The summed E-state index contributed by atoms with van der Waals surface area (Å²) in [5.74, 6) is -0.762. The summed E-state index contributed by atoms with van der Waals surface area (Å²) in [4.78, 5) is 36.5. The van der Waals surface area contributed by atoms with E-state index >= 15 is 0 Å². The molecule has 146 valence electrons. The van der Waals surface area contributed by atoms with Gasteiger partial charge in [-0.05, 0) is 26.0 Å². The van der Waals surface area contributed by atoms with Gasteiger partial charge in [0.1, 0.15) is 23.7 Å². The van der Waals surface area contributed by atoms with Gasteiger partial charge in [-0.3, -0.25) is 0 Å². The molecule has 1 heterocycles. The third kappa shape index (κ3) is 4.49. The molecule has 0 fully saturated rings. The molecule has 2 N–H and O–H groups in total. The Hall–Kier alpha value is -3.23. The van der Waals surface area contributed by atoms with Crippen molar-refractivity contribution in [2.24, 2.45) is 0 Å². The smallest absolute Gasteiger partial charge is 0.346 e. The zero-order valence-corrected chi connectivity index (χ0v) is 15.6. The minimum Gasteiger partial charge on any atom is -0.496 e. The highest BCUT2D eigenvalue weighted by Gasteiger charge is 2.31. The van der Waals surface area contributed by atoms with Crippen LogP contribution in [0.2, 0.25) is 0 Å². The first-order valence-electron chi connectivity index (χ1n) is 8.28. The van der Waals surface area contributed by atoms with Crippen LogP contribution < -0.4 is 20.1 Å². The van der Waals surface area contributed by atoms with Crippen LogP contribution in [0.15, 0.2) is 29.5 Å². The standard InChI is InChI=1S/C18H22N2O7/c1-5-26-16(21)14-10(2)19-18(23)20-11(14)9-27-17(22)15-12(24-3)7-6-8-13(15)25-4/h6-8,10H,5,9H2,1-4H3,(H2,19,20,23)/t10-/m0/s1. The van der Waals surface area contributed by atoms with Crippen LogP contribution in [0.3, 0.4) is 0 Å². The molecule has 0 bridgehead atoms. The average molecular weight is 378 g/mol. The molecular formula is C18H22N2O7. The molecule has 9 nitrogen and oxygen atoms in total. The zero-order chi connectivity index (χ0) is 20.0. The molecule has 2 amide bonds. The predicted molar refractivity (Wildman–Crippen MR) is 94.6 cm³/mol. The highest BCUT2D eigenvalue weighted by molar-refractivity contribution is 5.97. The molecule has 0 unspecified atom stereocenters. The van der Waals surface area contributed by atoms with E-state index in [9.17, 15) is 14.4 Å². The van der Waals surface area contributed by atoms with Crippen molar-refractivity contribution in [3.8, 4) is 11.5 Å². The van der Waals surface area contributed by atoms with Crippen LogP contribution >= 0.6 is 0 Å². The maximum atomic E-state index is 12.6. The van der Waals surface area contributed by atoms with E-state index in [1.54, 1.807) is 32.0 Å². The fourth-order valence-electron chi connectivity index (χ4n) is 2.66. The Bertz CT molecular complexity index is 751. The van der Waals surface area contributed by atoms with Gasteiger partial charge >= 0.3 is 18.0 Å². The molecule has 1 atom stereocenters. The van der Waals surface area contributed by atoms with Gasteiger partial charge < -0.3 is 29.6 Å². The summed E-state index contributed by atoms with van der Waals surface area (Å²) in [6.45, 7) is 3.15. The summed E-state index contributed by atoms with van der Waals surface area (Å²) >= 11 is 0. The minimum atomic E-state index is -0.722. The first-order chi connectivity index (χ1) is 12.9. The van der Waals surface area contributed by atoms with Gasteiger partial charge in [0.2, 0.25) is 0 Å². The number of benzene rings is 1. The van der Waals surface area contributed by atoms with E-state index in [0.29, 0.717) is 0 Å². The second-order valence-corrected chi connectivity index (χ2v) is 5.55. The second kappa shape index (κ2) is 8.93. The maximum absolute atomic E-state index is 12.6. The number of rotatable bonds is 7. The van der Waals surface area contributed by atoms with E-state index in [-0.39, 0.29) is 41.5 Å². The summed E-state index contributed by atoms with van der Waals surface area (Å²) in [7, 11) is 2.84. The molecule has 1 aliphatic heterocycles. The molecule has 2 rings (SSSR count). The van der Waals surface area contributed by atoms with Crippen LogP contribution in [0.4, 0.5) is 4.79 Å². The molecule has 0 aromatic heterocycles. The Balaban J connectivity index is 2.27. The number of ether oxygens (including phenoxy) is 4. The molecule has 0 spiro atoms. The van der Waals surface area contributed by atoms with Gasteiger partial charge in [-0.15, -0.1) is 0 Å². The third-order valence-corrected chi connectivity index (χ3v) is 3.85. The van der Waals surface area contributed by atoms with E-state index in [4.69, 9.17) is 18.9 Å². The Morgan fingerprint density at radius 1 is 1.07 bits per heavy atom. The van der Waals surface area contributed by atoms with E-state index in [2.05, 4.69) is 10.6 Å². The van der Waals surface area contributed by atoms with Crippen molar-refractivity contribution >= 4 is 18.0 Å². The minimum absolute atomic E-state index is 0.106. The number of nitrogens with one attached hydrogen (secondary N) is 2. The van der Waals surface area contributed by atoms with Gasteiger partial charge in [0.25, 0.3) is 0 Å². The van der Waals surface area contributed by atoms with E-state index < -0.39 is 24.0 Å². The number of methoxy groups -OCH3 is 2. The molecule has 1 aliphatic rings. The molecule has 0 saturated heterocycles. The first-order valence-corrected chi connectivity index (χ1v) is 8.28. The van der Waals surface area contributed by atoms with Gasteiger partial charge in [0.15, 0.2) is 0 Å². The normalized spacial score (nSPS) is 16.1. The summed E-state index contributed by atoms with van der Waals surface area (Å²) in [6, 6.07) is 3.77.